The Kier molecular flexibility index (Phi) is 6.70. The van der Waals surface area contributed by atoms with Gasteiger partial charge in [0.05, 0.1) is 7.11 Å². The van der Waals surface area contributed by atoms with E-state index in [-0.39, 0.29) is 17.7 Å². The monoisotopic (exact) mass is 437 g/mol. The molecule has 0 aromatic heterocycles. The van der Waals surface area contributed by atoms with E-state index in [1.807, 2.05) is 0 Å². The average molecular weight is 437 g/mol. The molecule has 0 aliphatic carbocycles. The Morgan fingerprint density at radius 1 is 0.938 bits per heavy atom. The molecule has 1 N–H and O–H groups in total. The molecule has 0 spiro atoms. The minimum absolute atomic E-state index is 0.0569. The lowest BCUT2D eigenvalue weighted by molar-refractivity contribution is -0.124. The van der Waals surface area contributed by atoms with Gasteiger partial charge in [-0.1, -0.05) is 6.07 Å². The first kappa shape index (κ1) is 21.8. The number of nitrogens with one attached hydrogen (secondary N) is 1. The summed E-state index contributed by atoms with van der Waals surface area (Å²) < 4.78 is 10.5. The van der Waals surface area contributed by atoms with Gasteiger partial charge in [-0.05, 0) is 55.3 Å². The second-order valence-electron chi connectivity index (χ2n) is 7.88. The van der Waals surface area contributed by atoms with Crippen LogP contribution in [0, 0.1) is 0 Å². The zero-order valence-electron chi connectivity index (χ0n) is 18.1. The summed E-state index contributed by atoms with van der Waals surface area (Å²) >= 11 is 0. The van der Waals surface area contributed by atoms with Gasteiger partial charge in [0.2, 0.25) is 0 Å². The van der Waals surface area contributed by atoms with Crippen molar-refractivity contribution >= 4 is 23.4 Å². The van der Waals surface area contributed by atoms with Gasteiger partial charge in [-0.3, -0.25) is 14.4 Å². The first-order valence-corrected chi connectivity index (χ1v) is 10.8. The molecule has 8 nitrogen and oxygen atoms in total. The molecule has 1 atom stereocenters. The van der Waals surface area contributed by atoms with Crippen LogP contribution in [0.1, 0.15) is 33.6 Å². The maximum Gasteiger partial charge on any atom is 0.254 e. The lowest BCUT2D eigenvalue weighted by Crippen LogP contribution is -2.50. The molecule has 168 valence electrons. The van der Waals surface area contributed by atoms with Crippen LogP contribution in [0.2, 0.25) is 0 Å². The van der Waals surface area contributed by atoms with Crippen LogP contribution in [0.5, 0.6) is 5.75 Å². The molecule has 8 heteroatoms. The maximum atomic E-state index is 13.0. The highest BCUT2D eigenvalue weighted by atomic mass is 16.5. The summed E-state index contributed by atoms with van der Waals surface area (Å²) in [5.74, 6) is 0.345. The molecule has 2 aliphatic rings. The van der Waals surface area contributed by atoms with E-state index in [9.17, 15) is 14.4 Å². The van der Waals surface area contributed by atoms with Crippen LogP contribution in [0.3, 0.4) is 0 Å². The number of hydrogen-bond donors (Lipinski definition) is 1. The molecule has 0 radical (unpaired) electrons. The van der Waals surface area contributed by atoms with Gasteiger partial charge >= 0.3 is 0 Å². The molecular weight excluding hydrogens is 410 g/mol. The van der Waals surface area contributed by atoms with E-state index in [2.05, 4.69) is 5.32 Å². The highest BCUT2D eigenvalue weighted by molar-refractivity contribution is 5.99. The average Bonchev–Trinajstić information content (AvgIpc) is 3.39. The van der Waals surface area contributed by atoms with E-state index in [1.165, 1.54) is 0 Å². The lowest BCUT2D eigenvalue weighted by Gasteiger charge is -2.35. The Balaban J connectivity index is 1.33. The molecule has 2 heterocycles. The van der Waals surface area contributed by atoms with Crippen LogP contribution in [-0.2, 0) is 9.53 Å². The number of nitrogens with zero attached hydrogens (tertiary/aromatic N) is 2. The van der Waals surface area contributed by atoms with E-state index in [4.69, 9.17) is 9.47 Å². The fourth-order valence-corrected chi connectivity index (χ4v) is 3.95. The van der Waals surface area contributed by atoms with Gasteiger partial charge in [0.15, 0.2) is 0 Å². The van der Waals surface area contributed by atoms with Crippen molar-refractivity contribution in [3.8, 4) is 5.75 Å². The maximum absolute atomic E-state index is 13.0. The normalized spacial score (nSPS) is 18.3. The minimum Gasteiger partial charge on any atom is -0.497 e. The van der Waals surface area contributed by atoms with Gasteiger partial charge in [0.25, 0.3) is 17.7 Å². The van der Waals surface area contributed by atoms with Crippen molar-refractivity contribution in [2.45, 2.75) is 18.9 Å². The molecule has 2 aromatic carbocycles. The fraction of sp³-hybridized carbons (Fsp3) is 0.375. The van der Waals surface area contributed by atoms with Crippen molar-refractivity contribution in [2.24, 2.45) is 0 Å². The number of ether oxygens (including phenoxy) is 2. The van der Waals surface area contributed by atoms with Crippen LogP contribution in [0.25, 0.3) is 0 Å². The van der Waals surface area contributed by atoms with E-state index in [0.717, 1.165) is 6.42 Å². The molecular formula is C24H27N3O5. The standard InChI is InChI=1S/C24H27N3O5/c1-31-20-9-7-17(8-10-20)23(29)26-11-13-27(14-12-26)24(30)18-4-2-5-19(16-18)25-22(28)21-6-3-15-32-21/h2,4-5,7-10,16,21H,3,6,11-15H2,1H3,(H,25,28)/t21-/m0/s1. The third-order valence-electron chi connectivity index (χ3n) is 5.79. The number of piperazine rings is 1. The quantitative estimate of drug-likeness (QED) is 0.776. The molecule has 2 aromatic rings. The summed E-state index contributed by atoms with van der Waals surface area (Å²) in [4.78, 5) is 41.5. The Morgan fingerprint density at radius 3 is 2.19 bits per heavy atom. The van der Waals surface area contributed by atoms with Crippen molar-refractivity contribution in [2.75, 3.05) is 45.2 Å². The second-order valence-corrected chi connectivity index (χ2v) is 7.88. The Bertz CT molecular complexity index is 977. The van der Waals surface area contributed by atoms with Gasteiger partial charge in [-0.2, -0.15) is 0 Å². The van der Waals surface area contributed by atoms with Crippen molar-refractivity contribution < 1.29 is 23.9 Å². The van der Waals surface area contributed by atoms with Crippen LogP contribution in [-0.4, -0.2) is 73.5 Å². The molecule has 32 heavy (non-hydrogen) atoms. The van der Waals surface area contributed by atoms with E-state index >= 15 is 0 Å². The van der Waals surface area contributed by atoms with Gasteiger partial charge in [0, 0.05) is 49.6 Å². The molecule has 2 fully saturated rings. The highest BCUT2D eigenvalue weighted by Gasteiger charge is 2.26. The van der Waals surface area contributed by atoms with E-state index in [0.29, 0.717) is 61.8 Å². The highest BCUT2D eigenvalue weighted by Crippen LogP contribution is 2.19. The van der Waals surface area contributed by atoms with E-state index < -0.39 is 6.10 Å². The molecule has 0 unspecified atom stereocenters. The van der Waals surface area contributed by atoms with Gasteiger partial charge < -0.3 is 24.6 Å². The first-order valence-electron chi connectivity index (χ1n) is 10.8. The number of methoxy groups -OCH3 is 1. The SMILES string of the molecule is COc1ccc(C(=O)N2CCN(C(=O)c3cccc(NC(=O)[C@@H]4CCCO4)c3)CC2)cc1. The summed E-state index contributed by atoms with van der Waals surface area (Å²) in [6.07, 6.45) is 1.17. The molecule has 0 saturated carbocycles. The lowest BCUT2D eigenvalue weighted by atomic mass is 10.1. The molecule has 4 rings (SSSR count). The van der Waals surface area contributed by atoms with Crippen LogP contribution < -0.4 is 10.1 Å². The summed E-state index contributed by atoms with van der Waals surface area (Å²) in [6.45, 7) is 2.43. The van der Waals surface area contributed by atoms with Gasteiger partial charge in [-0.25, -0.2) is 0 Å². The van der Waals surface area contributed by atoms with Crippen molar-refractivity contribution in [3.05, 3.63) is 59.7 Å². The minimum atomic E-state index is -0.425. The predicted octanol–water partition coefficient (Wildman–Crippen LogP) is 2.41. The summed E-state index contributed by atoms with van der Waals surface area (Å²) in [7, 11) is 1.58. The van der Waals surface area contributed by atoms with Crippen LogP contribution >= 0.6 is 0 Å². The number of benzene rings is 2. The largest absolute Gasteiger partial charge is 0.497 e. The van der Waals surface area contributed by atoms with Crippen LogP contribution in [0.15, 0.2) is 48.5 Å². The van der Waals surface area contributed by atoms with Gasteiger partial charge in [0.1, 0.15) is 11.9 Å². The number of carbonyl (C=O) groups excluding carboxylic acids is 3. The molecule has 2 aliphatic heterocycles. The first-order chi connectivity index (χ1) is 15.5. The van der Waals surface area contributed by atoms with Crippen molar-refractivity contribution in [1.29, 1.82) is 0 Å². The second kappa shape index (κ2) is 9.82. The number of anilines is 1. The number of rotatable bonds is 5. The summed E-state index contributed by atoms with van der Waals surface area (Å²) in [6, 6.07) is 13.9. The summed E-state index contributed by atoms with van der Waals surface area (Å²) in [5.41, 5.74) is 1.68. The smallest absolute Gasteiger partial charge is 0.254 e. The Hall–Kier alpha value is -3.39. The van der Waals surface area contributed by atoms with Crippen molar-refractivity contribution in [1.82, 2.24) is 9.80 Å². The van der Waals surface area contributed by atoms with Crippen molar-refractivity contribution in [3.63, 3.8) is 0 Å². The zero-order valence-corrected chi connectivity index (χ0v) is 18.1. The molecule has 2 saturated heterocycles. The topological polar surface area (TPSA) is 88.2 Å². The van der Waals surface area contributed by atoms with Gasteiger partial charge in [-0.15, -0.1) is 0 Å². The summed E-state index contributed by atoms with van der Waals surface area (Å²) in [5, 5.41) is 2.83. The molecule has 3 amide bonds. The third-order valence-corrected chi connectivity index (χ3v) is 5.79. The fourth-order valence-electron chi connectivity index (χ4n) is 3.95. The Morgan fingerprint density at radius 2 is 1.59 bits per heavy atom. The number of carbonyl (C=O) groups is 3. The zero-order chi connectivity index (χ0) is 22.5. The molecule has 0 bridgehead atoms. The Labute approximate surface area is 187 Å². The predicted molar refractivity (Wildman–Crippen MR) is 119 cm³/mol. The van der Waals surface area contributed by atoms with E-state index in [1.54, 1.807) is 65.4 Å². The van der Waals surface area contributed by atoms with Crippen LogP contribution in [0.4, 0.5) is 5.69 Å². The number of hydrogen-bond acceptors (Lipinski definition) is 5. The number of amides is 3. The third kappa shape index (κ3) is 4.91.